The minimum absolute atomic E-state index is 0.323. The van der Waals surface area contributed by atoms with Crippen LogP contribution in [-0.2, 0) is 4.79 Å². The van der Waals surface area contributed by atoms with Crippen molar-refractivity contribution >= 4 is 5.91 Å². The van der Waals surface area contributed by atoms with Crippen LogP contribution in [0.25, 0.3) is 0 Å². The van der Waals surface area contributed by atoms with Crippen LogP contribution in [-0.4, -0.2) is 48.9 Å². The van der Waals surface area contributed by atoms with Crippen LogP contribution in [0.2, 0.25) is 0 Å². The van der Waals surface area contributed by atoms with Crippen LogP contribution in [0.5, 0.6) is 0 Å². The molecule has 0 unspecified atom stereocenters. The Bertz CT molecular complexity index is 497. The second-order valence-corrected chi connectivity index (χ2v) is 7.66. The van der Waals surface area contributed by atoms with Crippen molar-refractivity contribution < 1.29 is 4.79 Å². The van der Waals surface area contributed by atoms with Gasteiger partial charge in [0.15, 0.2) is 0 Å². The van der Waals surface area contributed by atoms with Gasteiger partial charge in [0.05, 0.1) is 0 Å². The normalized spacial score (nSPS) is 16.4. The lowest BCUT2D eigenvalue weighted by Gasteiger charge is -2.32. The molecule has 0 aliphatic carbocycles. The third kappa shape index (κ3) is 13.5. The number of hydrogen-bond donors (Lipinski definition) is 0. The molecule has 1 saturated heterocycles. The number of likely N-dealkylation sites (N-methyl/N-ethyl adjacent to an activating group) is 1. The van der Waals surface area contributed by atoms with Crippen molar-refractivity contribution in [2.75, 3.05) is 33.2 Å². The summed E-state index contributed by atoms with van der Waals surface area (Å²) in [6.07, 6.45) is 28.8. The first-order valence-corrected chi connectivity index (χ1v) is 11.3. The third-order valence-corrected chi connectivity index (χ3v) is 5.07. The van der Waals surface area contributed by atoms with E-state index in [4.69, 9.17) is 0 Å². The maximum Gasteiger partial charge on any atom is 0.222 e. The van der Waals surface area contributed by atoms with Crippen molar-refractivity contribution in [1.82, 2.24) is 9.80 Å². The number of allylic oxidation sites excluding steroid dienone is 8. The van der Waals surface area contributed by atoms with E-state index in [0.29, 0.717) is 12.3 Å². The van der Waals surface area contributed by atoms with Crippen LogP contribution in [0.15, 0.2) is 48.6 Å². The summed E-state index contributed by atoms with van der Waals surface area (Å²) < 4.78 is 0. The van der Waals surface area contributed by atoms with Gasteiger partial charge in [0.1, 0.15) is 0 Å². The van der Waals surface area contributed by atoms with E-state index in [2.05, 4.69) is 67.5 Å². The van der Waals surface area contributed by atoms with Crippen molar-refractivity contribution in [1.29, 1.82) is 0 Å². The van der Waals surface area contributed by atoms with E-state index in [1.54, 1.807) is 0 Å². The Kier molecular flexibility index (Phi) is 15.3. The second-order valence-electron chi connectivity index (χ2n) is 7.66. The van der Waals surface area contributed by atoms with E-state index in [0.717, 1.165) is 58.3 Å². The highest BCUT2D eigenvalue weighted by molar-refractivity contribution is 5.76. The van der Waals surface area contributed by atoms with Gasteiger partial charge >= 0.3 is 0 Å². The number of hydrogen-bond acceptors (Lipinski definition) is 2. The van der Waals surface area contributed by atoms with Gasteiger partial charge in [-0.05, 0) is 52.0 Å². The SMILES string of the molecule is CCCCC/C=C\C/C=C\C/C=C\C/C=C\CCCC(=O)N1CCN(C)CC1. The van der Waals surface area contributed by atoms with E-state index in [1.165, 1.54) is 25.7 Å². The van der Waals surface area contributed by atoms with Crippen LogP contribution < -0.4 is 0 Å². The molecule has 0 spiro atoms. The van der Waals surface area contributed by atoms with Crippen LogP contribution in [0.4, 0.5) is 0 Å². The Morgan fingerprint density at radius 3 is 1.75 bits per heavy atom. The van der Waals surface area contributed by atoms with Gasteiger partial charge in [-0.3, -0.25) is 4.79 Å². The fraction of sp³-hybridized carbons (Fsp3) is 0.640. The summed E-state index contributed by atoms with van der Waals surface area (Å²) in [5.74, 6) is 0.323. The molecule has 1 heterocycles. The molecular weight excluding hydrogens is 344 g/mol. The highest BCUT2D eigenvalue weighted by Gasteiger charge is 2.17. The molecule has 3 nitrogen and oxygen atoms in total. The van der Waals surface area contributed by atoms with E-state index in [9.17, 15) is 4.79 Å². The van der Waals surface area contributed by atoms with Crippen molar-refractivity contribution in [2.24, 2.45) is 0 Å². The summed E-state index contributed by atoms with van der Waals surface area (Å²) in [4.78, 5) is 16.4. The van der Waals surface area contributed by atoms with Gasteiger partial charge in [-0.25, -0.2) is 0 Å². The highest BCUT2D eigenvalue weighted by atomic mass is 16.2. The van der Waals surface area contributed by atoms with Gasteiger partial charge < -0.3 is 9.80 Å². The monoisotopic (exact) mass is 386 g/mol. The number of nitrogens with zero attached hydrogens (tertiary/aromatic N) is 2. The van der Waals surface area contributed by atoms with E-state index < -0.39 is 0 Å². The molecule has 0 atom stereocenters. The third-order valence-electron chi connectivity index (χ3n) is 5.07. The number of amides is 1. The van der Waals surface area contributed by atoms with E-state index >= 15 is 0 Å². The quantitative estimate of drug-likeness (QED) is 0.274. The smallest absolute Gasteiger partial charge is 0.222 e. The molecule has 3 heteroatoms. The molecule has 0 aromatic rings. The number of rotatable bonds is 14. The molecule has 0 radical (unpaired) electrons. The summed E-state index contributed by atoms with van der Waals surface area (Å²) in [6.45, 7) is 6.03. The number of carbonyl (C=O) groups is 1. The van der Waals surface area contributed by atoms with Gasteiger partial charge in [-0.1, -0.05) is 68.4 Å². The molecule has 1 aliphatic rings. The maximum absolute atomic E-state index is 12.1. The van der Waals surface area contributed by atoms with Crippen molar-refractivity contribution in [3.8, 4) is 0 Å². The standard InChI is InChI=1S/C25H42N2O/c1-3-4-5-6-7-8-9-10-11-12-13-14-15-16-17-18-19-20-25(28)27-23-21-26(2)22-24-27/h7-8,10-11,13-14,16-17H,3-6,9,12,15,18-24H2,1-2H3/b8-7-,11-10-,14-13-,17-16-. The lowest BCUT2D eigenvalue weighted by Crippen LogP contribution is -2.47. The minimum atomic E-state index is 0.323. The van der Waals surface area contributed by atoms with Gasteiger partial charge in [0, 0.05) is 32.6 Å². The number of unbranched alkanes of at least 4 members (excludes halogenated alkanes) is 4. The Morgan fingerprint density at radius 1 is 0.714 bits per heavy atom. The predicted octanol–water partition coefficient (Wildman–Crippen LogP) is 5.91. The number of carbonyl (C=O) groups excluding carboxylic acids is 1. The zero-order valence-corrected chi connectivity index (χ0v) is 18.3. The molecule has 1 amide bonds. The van der Waals surface area contributed by atoms with Gasteiger partial charge in [0.25, 0.3) is 0 Å². The Hall–Kier alpha value is -1.61. The molecule has 1 rings (SSSR count). The Balaban J connectivity index is 1.94. The average Bonchev–Trinajstić information content (AvgIpc) is 2.70. The highest BCUT2D eigenvalue weighted by Crippen LogP contribution is 2.06. The Morgan fingerprint density at radius 2 is 1.21 bits per heavy atom. The molecule has 0 aromatic heterocycles. The zero-order chi connectivity index (χ0) is 20.3. The largest absolute Gasteiger partial charge is 0.340 e. The van der Waals surface area contributed by atoms with E-state index in [-0.39, 0.29) is 0 Å². The topological polar surface area (TPSA) is 23.6 Å². The predicted molar refractivity (Wildman–Crippen MR) is 122 cm³/mol. The fourth-order valence-corrected chi connectivity index (χ4v) is 3.15. The van der Waals surface area contributed by atoms with Crippen LogP contribution >= 0.6 is 0 Å². The first-order valence-electron chi connectivity index (χ1n) is 11.3. The summed E-state index contributed by atoms with van der Waals surface area (Å²) in [6, 6.07) is 0. The van der Waals surface area contributed by atoms with Gasteiger partial charge in [-0.2, -0.15) is 0 Å². The molecule has 0 aromatic carbocycles. The molecule has 0 bridgehead atoms. The average molecular weight is 387 g/mol. The van der Waals surface area contributed by atoms with Crippen LogP contribution in [0.1, 0.15) is 71.1 Å². The minimum Gasteiger partial charge on any atom is -0.340 e. The maximum atomic E-state index is 12.1. The molecule has 1 aliphatic heterocycles. The molecular formula is C25H42N2O. The molecule has 0 N–H and O–H groups in total. The van der Waals surface area contributed by atoms with Crippen molar-refractivity contribution in [2.45, 2.75) is 71.1 Å². The number of piperazine rings is 1. The van der Waals surface area contributed by atoms with Crippen molar-refractivity contribution in [3.63, 3.8) is 0 Å². The molecule has 28 heavy (non-hydrogen) atoms. The lowest BCUT2D eigenvalue weighted by molar-refractivity contribution is -0.132. The summed E-state index contributed by atoms with van der Waals surface area (Å²) >= 11 is 0. The van der Waals surface area contributed by atoms with Gasteiger partial charge in [-0.15, -0.1) is 0 Å². The first-order chi connectivity index (χ1) is 13.7. The van der Waals surface area contributed by atoms with Gasteiger partial charge in [0.2, 0.25) is 5.91 Å². The molecule has 1 fully saturated rings. The summed E-state index contributed by atoms with van der Waals surface area (Å²) in [5.41, 5.74) is 0. The summed E-state index contributed by atoms with van der Waals surface area (Å²) in [5, 5.41) is 0. The Labute approximate surface area is 173 Å². The van der Waals surface area contributed by atoms with Crippen molar-refractivity contribution in [3.05, 3.63) is 48.6 Å². The second kappa shape index (κ2) is 17.5. The van der Waals surface area contributed by atoms with E-state index in [1.807, 2.05) is 4.90 Å². The zero-order valence-electron chi connectivity index (χ0n) is 18.3. The molecule has 158 valence electrons. The first kappa shape index (κ1) is 24.4. The summed E-state index contributed by atoms with van der Waals surface area (Å²) in [7, 11) is 2.12. The molecule has 0 saturated carbocycles. The van der Waals surface area contributed by atoms with Crippen LogP contribution in [0.3, 0.4) is 0 Å². The lowest BCUT2D eigenvalue weighted by atomic mass is 10.2. The van der Waals surface area contributed by atoms with Crippen LogP contribution in [0, 0.1) is 0 Å². The fourth-order valence-electron chi connectivity index (χ4n) is 3.15.